The zero-order chi connectivity index (χ0) is 14.8. The molecule has 0 radical (unpaired) electrons. The molecule has 0 amide bonds. The van der Waals surface area contributed by atoms with Crippen molar-refractivity contribution in [1.82, 2.24) is 19.3 Å². The van der Waals surface area contributed by atoms with E-state index in [1.54, 1.807) is 0 Å². The maximum atomic E-state index is 6.37. The van der Waals surface area contributed by atoms with Gasteiger partial charge in [0.05, 0.1) is 6.20 Å². The molecule has 1 aliphatic rings. The Morgan fingerprint density at radius 3 is 2.57 bits per heavy atom. The van der Waals surface area contributed by atoms with Gasteiger partial charge in [-0.1, -0.05) is 19.3 Å². The molecule has 2 aromatic rings. The number of hydrogen-bond acceptors (Lipinski definition) is 3. The third kappa shape index (κ3) is 2.57. The fraction of sp³-hybridized carbons (Fsp3) is 0.625. The van der Waals surface area contributed by atoms with Gasteiger partial charge in [0.15, 0.2) is 0 Å². The number of aryl methyl sites for hydroxylation is 1. The summed E-state index contributed by atoms with van der Waals surface area (Å²) in [5.74, 6) is 2.53. The lowest BCUT2D eigenvalue weighted by atomic mass is 9.88. The van der Waals surface area contributed by atoms with Crippen LogP contribution in [0.25, 0.3) is 11.3 Å². The summed E-state index contributed by atoms with van der Waals surface area (Å²) in [5.41, 5.74) is 8.29. The summed E-state index contributed by atoms with van der Waals surface area (Å²) in [6.07, 6.45) is 10.4. The summed E-state index contributed by atoms with van der Waals surface area (Å²) in [5, 5.41) is 4.34. The van der Waals surface area contributed by atoms with Gasteiger partial charge in [0.1, 0.15) is 17.3 Å². The van der Waals surface area contributed by atoms with E-state index in [0.717, 1.165) is 30.2 Å². The maximum Gasteiger partial charge on any atom is 0.131 e. The molecule has 1 aliphatic carbocycles. The molecule has 2 aromatic heterocycles. The molecule has 0 atom stereocenters. The SMILES string of the molecule is CCn1cc(-c2nc(C3CCCCC3)n(CC)c2N)cn1. The highest BCUT2D eigenvalue weighted by Gasteiger charge is 2.24. The van der Waals surface area contributed by atoms with Gasteiger partial charge in [-0.3, -0.25) is 4.68 Å². The largest absolute Gasteiger partial charge is 0.383 e. The predicted octanol–water partition coefficient (Wildman–Crippen LogP) is 3.42. The minimum Gasteiger partial charge on any atom is -0.383 e. The standard InChI is InChI=1S/C16H25N5/c1-3-20-11-13(10-18-20)14-15(17)21(4-2)16(19-14)12-8-6-5-7-9-12/h10-12H,3-9,17H2,1-2H3. The summed E-state index contributed by atoms with van der Waals surface area (Å²) in [4.78, 5) is 4.91. The van der Waals surface area contributed by atoms with Gasteiger partial charge in [0.25, 0.3) is 0 Å². The van der Waals surface area contributed by atoms with Crippen LogP contribution in [0.1, 0.15) is 57.7 Å². The summed E-state index contributed by atoms with van der Waals surface area (Å²) in [6, 6.07) is 0. The van der Waals surface area contributed by atoms with Crippen molar-refractivity contribution in [1.29, 1.82) is 0 Å². The number of imidazole rings is 1. The third-order valence-corrected chi connectivity index (χ3v) is 4.55. The number of nitrogens with two attached hydrogens (primary N) is 1. The maximum absolute atomic E-state index is 6.37. The van der Waals surface area contributed by atoms with Crippen LogP contribution in [0.5, 0.6) is 0 Å². The van der Waals surface area contributed by atoms with E-state index >= 15 is 0 Å². The number of nitrogens with zero attached hydrogens (tertiary/aromatic N) is 4. The lowest BCUT2D eigenvalue weighted by Crippen LogP contribution is -2.12. The fourth-order valence-corrected chi connectivity index (χ4v) is 3.36. The van der Waals surface area contributed by atoms with Gasteiger partial charge in [-0.05, 0) is 26.7 Å². The second kappa shape index (κ2) is 5.92. The smallest absolute Gasteiger partial charge is 0.131 e. The van der Waals surface area contributed by atoms with Crippen LogP contribution in [0.2, 0.25) is 0 Å². The van der Waals surface area contributed by atoms with Crippen LogP contribution in [0.4, 0.5) is 5.82 Å². The molecule has 0 bridgehead atoms. The molecule has 0 aliphatic heterocycles. The van der Waals surface area contributed by atoms with E-state index in [9.17, 15) is 0 Å². The Morgan fingerprint density at radius 1 is 1.19 bits per heavy atom. The van der Waals surface area contributed by atoms with Crippen LogP contribution in [0, 0.1) is 0 Å². The Bertz CT molecular complexity index is 604. The lowest BCUT2D eigenvalue weighted by molar-refractivity contribution is 0.418. The zero-order valence-corrected chi connectivity index (χ0v) is 13.0. The highest BCUT2D eigenvalue weighted by atomic mass is 15.3. The fourth-order valence-electron chi connectivity index (χ4n) is 3.36. The first-order valence-corrected chi connectivity index (χ1v) is 8.13. The van der Waals surface area contributed by atoms with Crippen molar-refractivity contribution in [3.05, 3.63) is 18.2 Å². The topological polar surface area (TPSA) is 61.7 Å². The summed E-state index contributed by atoms with van der Waals surface area (Å²) < 4.78 is 4.11. The van der Waals surface area contributed by atoms with Crippen LogP contribution in [-0.4, -0.2) is 19.3 Å². The van der Waals surface area contributed by atoms with E-state index in [2.05, 4.69) is 23.5 Å². The van der Waals surface area contributed by atoms with Crippen LogP contribution in [-0.2, 0) is 13.1 Å². The number of rotatable bonds is 4. The minimum absolute atomic E-state index is 0.566. The van der Waals surface area contributed by atoms with E-state index in [0.29, 0.717) is 5.92 Å². The predicted molar refractivity (Wildman–Crippen MR) is 85.0 cm³/mol. The minimum atomic E-state index is 0.566. The lowest BCUT2D eigenvalue weighted by Gasteiger charge is -2.21. The monoisotopic (exact) mass is 287 g/mol. The average molecular weight is 287 g/mol. The molecule has 1 fully saturated rings. The van der Waals surface area contributed by atoms with Crippen LogP contribution >= 0.6 is 0 Å². The Morgan fingerprint density at radius 2 is 1.95 bits per heavy atom. The first-order valence-electron chi connectivity index (χ1n) is 8.13. The molecule has 2 N–H and O–H groups in total. The molecule has 1 saturated carbocycles. The van der Waals surface area contributed by atoms with E-state index < -0.39 is 0 Å². The number of aromatic nitrogens is 4. The normalized spacial score (nSPS) is 16.5. The van der Waals surface area contributed by atoms with Crippen molar-refractivity contribution in [3.63, 3.8) is 0 Å². The Balaban J connectivity index is 1.99. The quantitative estimate of drug-likeness (QED) is 0.937. The molecule has 0 saturated heterocycles. The molecular formula is C16H25N5. The van der Waals surface area contributed by atoms with E-state index in [1.807, 2.05) is 17.1 Å². The molecule has 0 spiro atoms. The van der Waals surface area contributed by atoms with Gasteiger partial charge in [0, 0.05) is 30.8 Å². The number of hydrogen-bond donors (Lipinski definition) is 1. The molecular weight excluding hydrogens is 262 g/mol. The van der Waals surface area contributed by atoms with E-state index in [4.69, 9.17) is 10.7 Å². The molecule has 5 nitrogen and oxygen atoms in total. The van der Waals surface area contributed by atoms with Crippen molar-refractivity contribution < 1.29 is 0 Å². The van der Waals surface area contributed by atoms with E-state index in [-0.39, 0.29) is 0 Å². The van der Waals surface area contributed by atoms with Crippen LogP contribution in [0.15, 0.2) is 12.4 Å². The number of anilines is 1. The summed E-state index contributed by atoms with van der Waals surface area (Å²) in [7, 11) is 0. The van der Waals surface area contributed by atoms with Crippen molar-refractivity contribution in [2.24, 2.45) is 0 Å². The number of nitrogen functional groups attached to an aromatic ring is 1. The highest BCUT2D eigenvalue weighted by molar-refractivity contribution is 5.70. The second-order valence-electron chi connectivity index (χ2n) is 5.87. The first kappa shape index (κ1) is 14.2. The van der Waals surface area contributed by atoms with Crippen molar-refractivity contribution in [3.8, 4) is 11.3 Å². The van der Waals surface area contributed by atoms with E-state index in [1.165, 1.54) is 37.9 Å². The summed E-state index contributed by atoms with van der Waals surface area (Å²) in [6.45, 7) is 5.97. The Labute approximate surface area is 126 Å². The van der Waals surface area contributed by atoms with Crippen LogP contribution in [0.3, 0.4) is 0 Å². The molecule has 2 heterocycles. The van der Waals surface area contributed by atoms with Gasteiger partial charge in [-0.2, -0.15) is 5.10 Å². The van der Waals surface area contributed by atoms with Gasteiger partial charge >= 0.3 is 0 Å². The molecule has 0 aromatic carbocycles. The van der Waals surface area contributed by atoms with Crippen molar-refractivity contribution in [2.75, 3.05) is 5.73 Å². The van der Waals surface area contributed by atoms with Crippen molar-refractivity contribution >= 4 is 5.82 Å². The van der Waals surface area contributed by atoms with Gasteiger partial charge in [0.2, 0.25) is 0 Å². The van der Waals surface area contributed by atoms with Gasteiger partial charge in [-0.25, -0.2) is 4.98 Å². The first-order chi connectivity index (χ1) is 10.2. The summed E-state index contributed by atoms with van der Waals surface area (Å²) >= 11 is 0. The molecule has 0 unspecified atom stereocenters. The highest BCUT2D eigenvalue weighted by Crippen LogP contribution is 2.36. The van der Waals surface area contributed by atoms with Gasteiger partial charge in [-0.15, -0.1) is 0 Å². The molecule has 5 heteroatoms. The Hall–Kier alpha value is -1.78. The third-order valence-electron chi connectivity index (χ3n) is 4.55. The molecule has 3 rings (SSSR count). The average Bonchev–Trinajstić information content (AvgIpc) is 3.12. The van der Waals surface area contributed by atoms with Crippen LogP contribution < -0.4 is 5.73 Å². The molecule has 114 valence electrons. The second-order valence-corrected chi connectivity index (χ2v) is 5.87. The van der Waals surface area contributed by atoms with Crippen molar-refractivity contribution in [2.45, 2.75) is 65.0 Å². The Kier molecular flexibility index (Phi) is 3.99. The van der Waals surface area contributed by atoms with Gasteiger partial charge < -0.3 is 10.3 Å². The molecule has 21 heavy (non-hydrogen) atoms. The zero-order valence-electron chi connectivity index (χ0n) is 13.0.